The number of aromatic nitrogens is 1. The van der Waals surface area contributed by atoms with E-state index in [0.717, 1.165) is 35.0 Å². The minimum absolute atomic E-state index is 0. The Hall–Kier alpha value is -3.50. The lowest BCUT2D eigenvalue weighted by Gasteiger charge is -2.29. The maximum Gasteiger partial charge on any atom is 0.302 e. The van der Waals surface area contributed by atoms with Gasteiger partial charge < -0.3 is 43.3 Å². The van der Waals surface area contributed by atoms with Gasteiger partial charge in [0.15, 0.2) is 0 Å². The molecule has 8 heteroatoms. The van der Waals surface area contributed by atoms with E-state index >= 15 is 0 Å². The van der Waals surface area contributed by atoms with E-state index < -0.39 is 0 Å². The fourth-order valence-electron chi connectivity index (χ4n) is 5.97. The minimum atomic E-state index is -0.249. The van der Waals surface area contributed by atoms with Gasteiger partial charge in [-0.1, -0.05) is 12.1 Å². The van der Waals surface area contributed by atoms with Gasteiger partial charge in [0.1, 0.15) is 7.05 Å². The molecule has 6 rings (SSSR count). The Balaban J connectivity index is 0.00000337. The van der Waals surface area contributed by atoms with Crippen LogP contribution in [0.2, 0.25) is 0 Å². The molecule has 2 aliphatic rings. The number of morpholine rings is 1. The number of amides is 1. The standard InChI is InChI=1S/C33H34N3O4.HI/c1-22(37)40-16-6-7-24-20-27-26-19-23(11-13-31(38)36-14-17-39-18-15-36)10-12-29(26)35(3)33-25-8-4-5-9-28(25)34(2)30(21-24)32(27)33;/h4-5,8-13,19-21H,6-7,14-18H2,1-3H3;1H/q+1;/p-1/b13-11+;. The summed E-state index contributed by atoms with van der Waals surface area (Å²) in [7, 11) is 4.26. The predicted molar refractivity (Wildman–Crippen MR) is 158 cm³/mol. The van der Waals surface area contributed by atoms with Gasteiger partial charge >= 0.3 is 5.97 Å². The van der Waals surface area contributed by atoms with E-state index in [2.05, 4.69) is 78.2 Å². The lowest BCUT2D eigenvalue weighted by molar-refractivity contribution is -0.632. The molecular formula is C33H34IN3O4. The number of esters is 1. The second-order valence-electron chi connectivity index (χ2n) is 10.5. The van der Waals surface area contributed by atoms with Crippen molar-refractivity contribution in [3.8, 4) is 11.3 Å². The first kappa shape index (κ1) is 29.0. The highest BCUT2D eigenvalue weighted by atomic mass is 127. The smallest absolute Gasteiger partial charge is 0.302 e. The number of nitrogens with zero attached hydrogens (tertiary/aromatic N) is 3. The maximum atomic E-state index is 12.7. The van der Waals surface area contributed by atoms with Crippen LogP contribution in [0.15, 0.2) is 60.7 Å². The molecule has 0 atom stereocenters. The number of aryl methyl sites for hydroxylation is 2. The van der Waals surface area contributed by atoms with E-state index in [0.29, 0.717) is 32.9 Å². The van der Waals surface area contributed by atoms with Gasteiger partial charge in [-0.2, -0.15) is 4.57 Å². The predicted octanol–water partition coefficient (Wildman–Crippen LogP) is 1.94. The van der Waals surface area contributed by atoms with Crippen LogP contribution in [-0.2, 0) is 32.5 Å². The molecular weight excluding hydrogens is 629 g/mol. The van der Waals surface area contributed by atoms with Crippen LogP contribution in [0.4, 0.5) is 11.4 Å². The zero-order valence-electron chi connectivity index (χ0n) is 23.7. The summed E-state index contributed by atoms with van der Waals surface area (Å²) in [6.07, 6.45) is 5.14. The molecule has 1 fully saturated rings. The first-order valence-electron chi connectivity index (χ1n) is 13.9. The second kappa shape index (κ2) is 12.2. The van der Waals surface area contributed by atoms with Crippen molar-refractivity contribution in [1.82, 2.24) is 4.90 Å². The molecule has 3 aromatic carbocycles. The third kappa shape index (κ3) is 5.55. The molecule has 0 unspecified atom stereocenters. The summed E-state index contributed by atoms with van der Waals surface area (Å²) in [6.45, 7) is 4.28. The molecule has 0 N–H and O–H groups in total. The van der Waals surface area contributed by atoms with Crippen LogP contribution < -0.4 is 33.4 Å². The third-order valence-corrected chi connectivity index (χ3v) is 7.96. The molecule has 0 aliphatic carbocycles. The second-order valence-corrected chi connectivity index (χ2v) is 10.5. The summed E-state index contributed by atoms with van der Waals surface area (Å²) in [5.74, 6) is -0.236. The monoisotopic (exact) mass is 663 g/mol. The number of hydrogen-bond donors (Lipinski definition) is 0. The third-order valence-electron chi connectivity index (χ3n) is 7.96. The molecule has 41 heavy (non-hydrogen) atoms. The Labute approximate surface area is 257 Å². The highest BCUT2D eigenvalue weighted by Gasteiger charge is 2.31. The fraction of sp³-hybridized carbons (Fsp3) is 0.303. The van der Waals surface area contributed by atoms with Crippen molar-refractivity contribution in [3.05, 3.63) is 71.8 Å². The number of benzene rings is 3. The van der Waals surface area contributed by atoms with E-state index in [9.17, 15) is 9.59 Å². The molecule has 1 saturated heterocycles. The Morgan fingerprint density at radius 3 is 2.59 bits per heavy atom. The number of carbonyl (C=O) groups is 2. The van der Waals surface area contributed by atoms with E-state index in [1.165, 1.54) is 40.2 Å². The Morgan fingerprint density at radius 2 is 1.80 bits per heavy atom. The molecule has 7 nitrogen and oxygen atoms in total. The molecule has 0 radical (unpaired) electrons. The zero-order chi connectivity index (χ0) is 27.8. The summed E-state index contributed by atoms with van der Waals surface area (Å²) < 4.78 is 12.9. The molecule has 1 amide bonds. The number of fused-ring (bicyclic) bond motifs is 4. The average molecular weight is 664 g/mol. The van der Waals surface area contributed by atoms with Crippen molar-refractivity contribution in [3.63, 3.8) is 0 Å². The van der Waals surface area contributed by atoms with Gasteiger partial charge in [-0.05, 0) is 66.4 Å². The van der Waals surface area contributed by atoms with Crippen LogP contribution >= 0.6 is 0 Å². The van der Waals surface area contributed by atoms with Crippen LogP contribution in [0.5, 0.6) is 0 Å². The Bertz CT molecular complexity index is 1680. The van der Waals surface area contributed by atoms with E-state index in [4.69, 9.17) is 9.47 Å². The Kier molecular flexibility index (Phi) is 8.60. The van der Waals surface area contributed by atoms with Gasteiger partial charge in [0.25, 0.3) is 0 Å². The topological polar surface area (TPSA) is 63.0 Å². The van der Waals surface area contributed by atoms with Crippen LogP contribution in [0.25, 0.3) is 39.0 Å². The van der Waals surface area contributed by atoms with Gasteiger partial charge in [0.2, 0.25) is 17.1 Å². The number of ether oxygens (including phenoxy) is 2. The lowest BCUT2D eigenvalue weighted by atomic mass is 9.90. The van der Waals surface area contributed by atoms with Crippen molar-refractivity contribution in [2.24, 2.45) is 7.05 Å². The van der Waals surface area contributed by atoms with Gasteiger partial charge in [-0.25, -0.2) is 0 Å². The van der Waals surface area contributed by atoms with Crippen molar-refractivity contribution in [1.29, 1.82) is 0 Å². The SMILES string of the molecule is CC(=O)OCCCc1cc2c3c([n+](C)c4ccc(/C=C/C(=O)N5CCOCC5)cc4c3c1)-c1ccccc1N2C.[I-]. The largest absolute Gasteiger partial charge is 1.00 e. The number of para-hydroxylation sites is 1. The zero-order valence-corrected chi connectivity index (χ0v) is 25.8. The molecule has 1 aromatic heterocycles. The summed E-state index contributed by atoms with van der Waals surface area (Å²) in [4.78, 5) is 28.1. The van der Waals surface area contributed by atoms with Crippen LogP contribution in [0, 0.1) is 0 Å². The highest BCUT2D eigenvalue weighted by Crippen LogP contribution is 2.47. The van der Waals surface area contributed by atoms with Crippen LogP contribution in [0.3, 0.4) is 0 Å². The number of hydrogen-bond acceptors (Lipinski definition) is 5. The summed E-state index contributed by atoms with van der Waals surface area (Å²) in [6, 6.07) is 19.5. The van der Waals surface area contributed by atoms with E-state index in [-0.39, 0.29) is 35.9 Å². The number of rotatable bonds is 6. The van der Waals surface area contributed by atoms with Gasteiger partial charge in [0.05, 0.1) is 47.5 Å². The number of pyridine rings is 1. The van der Waals surface area contributed by atoms with Gasteiger partial charge in [0, 0.05) is 44.6 Å². The number of halogens is 1. The fourth-order valence-corrected chi connectivity index (χ4v) is 5.97. The van der Waals surface area contributed by atoms with E-state index in [1.807, 2.05) is 11.0 Å². The molecule has 0 saturated carbocycles. The lowest BCUT2D eigenvalue weighted by Crippen LogP contribution is -3.00. The summed E-state index contributed by atoms with van der Waals surface area (Å²) >= 11 is 0. The molecule has 212 valence electrons. The van der Waals surface area contributed by atoms with Crippen molar-refractivity contribution in [2.45, 2.75) is 19.8 Å². The first-order valence-corrected chi connectivity index (χ1v) is 13.9. The quantitative estimate of drug-likeness (QED) is 0.0789. The van der Waals surface area contributed by atoms with Gasteiger partial charge in [-0.15, -0.1) is 0 Å². The molecule has 4 aromatic rings. The van der Waals surface area contributed by atoms with Crippen LogP contribution in [0.1, 0.15) is 24.5 Å². The average Bonchev–Trinajstić information content (AvgIpc) is 2.98. The molecule has 0 spiro atoms. The molecule has 2 aliphatic heterocycles. The van der Waals surface area contributed by atoms with Crippen molar-refractivity contribution in [2.75, 3.05) is 44.9 Å². The maximum absolute atomic E-state index is 12.7. The minimum Gasteiger partial charge on any atom is -1.00 e. The van der Waals surface area contributed by atoms with Crippen molar-refractivity contribution >= 4 is 51.0 Å². The van der Waals surface area contributed by atoms with Crippen LogP contribution in [-0.4, -0.2) is 56.7 Å². The van der Waals surface area contributed by atoms with Crippen molar-refractivity contribution < 1.29 is 47.6 Å². The number of anilines is 2. The first-order chi connectivity index (χ1) is 19.4. The normalized spacial score (nSPS) is 14.3. The Morgan fingerprint density at radius 1 is 1.02 bits per heavy atom. The van der Waals surface area contributed by atoms with E-state index in [1.54, 1.807) is 6.08 Å². The summed E-state index contributed by atoms with van der Waals surface area (Å²) in [5.41, 5.74) is 8.04. The van der Waals surface area contributed by atoms with Gasteiger partial charge in [-0.3, -0.25) is 9.59 Å². The number of carbonyl (C=O) groups excluding carboxylic acids is 2. The molecule has 3 heterocycles. The summed E-state index contributed by atoms with van der Waals surface area (Å²) in [5, 5.41) is 3.53. The molecule has 0 bridgehead atoms. The highest BCUT2D eigenvalue weighted by molar-refractivity contribution is 6.17.